The van der Waals surface area contributed by atoms with Crippen LogP contribution in [-0.2, 0) is 4.79 Å². The predicted octanol–water partition coefficient (Wildman–Crippen LogP) is 2.64. The van der Waals surface area contributed by atoms with Gasteiger partial charge in [0.05, 0.1) is 0 Å². The first-order valence-corrected chi connectivity index (χ1v) is 8.20. The van der Waals surface area contributed by atoms with E-state index in [1.807, 2.05) is 0 Å². The topological polar surface area (TPSA) is 64.1 Å². The number of ether oxygens (including phenoxy) is 1. The Morgan fingerprint density at radius 3 is 2.55 bits per heavy atom. The second kappa shape index (κ2) is 7.38. The molecule has 5 nitrogen and oxygen atoms in total. The third-order valence-electron chi connectivity index (χ3n) is 4.47. The lowest BCUT2D eigenvalue weighted by Crippen LogP contribution is -2.42. The zero-order chi connectivity index (χ0) is 15.2. The molecule has 1 fully saturated rings. The molecule has 0 aliphatic heterocycles. The van der Waals surface area contributed by atoms with E-state index in [-0.39, 0.29) is 24.0 Å². The Morgan fingerprint density at radius 1 is 1.09 bits per heavy atom. The van der Waals surface area contributed by atoms with Crippen LogP contribution in [0.5, 0.6) is 6.01 Å². The molecular formula is C17H23N3O2. The van der Waals surface area contributed by atoms with Crippen LogP contribution in [0.1, 0.15) is 44.9 Å². The fraction of sp³-hybridized carbons (Fsp3) is 0.588. The molecule has 2 aliphatic carbocycles. The second-order valence-electron chi connectivity index (χ2n) is 6.11. The van der Waals surface area contributed by atoms with E-state index in [2.05, 4.69) is 27.4 Å². The summed E-state index contributed by atoms with van der Waals surface area (Å²) in [7, 11) is 0. The maximum Gasteiger partial charge on any atom is 0.316 e. The molecule has 1 aromatic rings. The third kappa shape index (κ3) is 4.06. The lowest BCUT2D eigenvalue weighted by Gasteiger charge is -2.30. The van der Waals surface area contributed by atoms with Crippen LogP contribution in [-0.4, -0.2) is 28.0 Å². The molecule has 5 heteroatoms. The van der Waals surface area contributed by atoms with E-state index in [1.165, 1.54) is 0 Å². The van der Waals surface area contributed by atoms with Gasteiger partial charge in [0.25, 0.3) is 0 Å². The second-order valence-corrected chi connectivity index (χ2v) is 6.11. The van der Waals surface area contributed by atoms with Crippen LogP contribution >= 0.6 is 0 Å². The highest BCUT2D eigenvalue weighted by Crippen LogP contribution is 2.24. The molecule has 1 aromatic heterocycles. The minimum Gasteiger partial charge on any atom is -0.460 e. The van der Waals surface area contributed by atoms with Crippen molar-refractivity contribution in [3.05, 3.63) is 30.6 Å². The molecule has 1 amide bonds. The highest BCUT2D eigenvalue weighted by atomic mass is 16.5. The number of amides is 1. The molecule has 1 atom stereocenters. The summed E-state index contributed by atoms with van der Waals surface area (Å²) >= 11 is 0. The molecule has 3 rings (SSSR count). The summed E-state index contributed by atoms with van der Waals surface area (Å²) in [5, 5.41) is 3.21. The summed E-state index contributed by atoms with van der Waals surface area (Å²) in [5.74, 6) is 0.386. The maximum absolute atomic E-state index is 12.2. The highest BCUT2D eigenvalue weighted by Gasteiger charge is 2.26. The first-order chi connectivity index (χ1) is 10.8. The van der Waals surface area contributed by atoms with Crippen molar-refractivity contribution < 1.29 is 9.53 Å². The van der Waals surface area contributed by atoms with Crippen molar-refractivity contribution in [2.75, 3.05) is 0 Å². The normalized spacial score (nSPS) is 28.1. The molecule has 1 heterocycles. The van der Waals surface area contributed by atoms with Crippen molar-refractivity contribution in [2.45, 2.75) is 57.1 Å². The number of nitrogens with one attached hydrogen (secondary N) is 1. The number of aromatic nitrogens is 2. The molecule has 1 saturated carbocycles. The van der Waals surface area contributed by atoms with Crippen LogP contribution in [0.4, 0.5) is 0 Å². The lowest BCUT2D eigenvalue weighted by atomic mass is 9.90. The van der Waals surface area contributed by atoms with E-state index in [9.17, 15) is 4.79 Å². The minimum atomic E-state index is 0.160. The average Bonchev–Trinajstić information content (AvgIpc) is 2.58. The molecule has 0 bridgehead atoms. The van der Waals surface area contributed by atoms with Gasteiger partial charge in [0.15, 0.2) is 0 Å². The van der Waals surface area contributed by atoms with Gasteiger partial charge in [-0.25, -0.2) is 9.97 Å². The Labute approximate surface area is 131 Å². The fourth-order valence-electron chi connectivity index (χ4n) is 3.17. The largest absolute Gasteiger partial charge is 0.460 e. The van der Waals surface area contributed by atoms with E-state index in [0.717, 1.165) is 44.9 Å². The van der Waals surface area contributed by atoms with E-state index >= 15 is 0 Å². The number of rotatable bonds is 4. The summed E-state index contributed by atoms with van der Waals surface area (Å²) in [6, 6.07) is 2.51. The standard InChI is InChI=1S/C17H23N3O2/c21-16(13-5-2-1-3-6-13)20-14-7-9-15(10-8-14)22-17-18-11-4-12-19-17/h1-2,4,11-15H,3,5-10H2,(H,20,21). The monoisotopic (exact) mass is 301 g/mol. The van der Waals surface area contributed by atoms with Crippen molar-refractivity contribution in [2.24, 2.45) is 5.92 Å². The third-order valence-corrected chi connectivity index (χ3v) is 4.47. The average molecular weight is 301 g/mol. The molecule has 0 spiro atoms. The molecule has 1 N–H and O–H groups in total. The number of hydrogen-bond acceptors (Lipinski definition) is 4. The van der Waals surface area contributed by atoms with Gasteiger partial charge in [0, 0.05) is 24.4 Å². The zero-order valence-electron chi connectivity index (χ0n) is 12.8. The van der Waals surface area contributed by atoms with E-state index in [4.69, 9.17) is 4.74 Å². The molecule has 118 valence electrons. The fourth-order valence-corrected chi connectivity index (χ4v) is 3.17. The molecule has 0 radical (unpaired) electrons. The SMILES string of the molecule is O=C(NC1CCC(Oc2ncccn2)CC1)C1CC=CCC1. The van der Waals surface area contributed by atoms with Gasteiger partial charge in [-0.2, -0.15) is 0 Å². The van der Waals surface area contributed by atoms with Crippen molar-refractivity contribution in [1.82, 2.24) is 15.3 Å². The van der Waals surface area contributed by atoms with Crippen molar-refractivity contribution in [3.63, 3.8) is 0 Å². The van der Waals surface area contributed by atoms with Crippen LogP contribution in [0, 0.1) is 5.92 Å². The van der Waals surface area contributed by atoms with Crippen LogP contribution in [0.2, 0.25) is 0 Å². The van der Waals surface area contributed by atoms with Gasteiger partial charge in [-0.15, -0.1) is 0 Å². The number of allylic oxidation sites excluding steroid dienone is 2. The highest BCUT2D eigenvalue weighted by molar-refractivity contribution is 5.79. The quantitative estimate of drug-likeness (QED) is 0.868. The lowest BCUT2D eigenvalue weighted by molar-refractivity contribution is -0.126. The van der Waals surface area contributed by atoms with Crippen LogP contribution in [0.3, 0.4) is 0 Å². The predicted molar refractivity (Wildman–Crippen MR) is 83.3 cm³/mol. The molecule has 0 aromatic carbocycles. The van der Waals surface area contributed by atoms with Gasteiger partial charge in [-0.3, -0.25) is 4.79 Å². The van der Waals surface area contributed by atoms with Gasteiger partial charge < -0.3 is 10.1 Å². The Morgan fingerprint density at radius 2 is 1.86 bits per heavy atom. The summed E-state index contributed by atoms with van der Waals surface area (Å²) in [6.45, 7) is 0. The maximum atomic E-state index is 12.2. The molecular weight excluding hydrogens is 278 g/mol. The Hall–Kier alpha value is -1.91. The Kier molecular flexibility index (Phi) is 5.03. The zero-order valence-corrected chi connectivity index (χ0v) is 12.8. The first-order valence-electron chi connectivity index (χ1n) is 8.20. The first kappa shape index (κ1) is 15.0. The van der Waals surface area contributed by atoms with E-state index in [1.54, 1.807) is 18.5 Å². The molecule has 22 heavy (non-hydrogen) atoms. The Balaban J connectivity index is 1.42. The number of nitrogens with zero attached hydrogens (tertiary/aromatic N) is 2. The number of carbonyl (C=O) groups excluding carboxylic acids is 1. The molecule has 2 aliphatic rings. The van der Waals surface area contributed by atoms with Crippen LogP contribution < -0.4 is 10.1 Å². The van der Waals surface area contributed by atoms with Crippen LogP contribution in [0.15, 0.2) is 30.6 Å². The van der Waals surface area contributed by atoms with Crippen molar-refractivity contribution >= 4 is 5.91 Å². The van der Waals surface area contributed by atoms with Crippen LogP contribution in [0.25, 0.3) is 0 Å². The van der Waals surface area contributed by atoms with Crippen molar-refractivity contribution in [3.8, 4) is 6.01 Å². The minimum absolute atomic E-state index is 0.160. The number of hydrogen-bond donors (Lipinski definition) is 1. The van der Waals surface area contributed by atoms with Gasteiger partial charge >= 0.3 is 6.01 Å². The number of carbonyl (C=O) groups is 1. The van der Waals surface area contributed by atoms with Gasteiger partial charge in [-0.1, -0.05) is 12.2 Å². The summed E-state index contributed by atoms with van der Waals surface area (Å²) in [6.07, 6.45) is 14.5. The summed E-state index contributed by atoms with van der Waals surface area (Å²) < 4.78 is 5.78. The van der Waals surface area contributed by atoms with E-state index in [0.29, 0.717) is 6.01 Å². The van der Waals surface area contributed by atoms with E-state index < -0.39 is 0 Å². The Bertz CT molecular complexity index is 510. The summed E-state index contributed by atoms with van der Waals surface area (Å²) in [4.78, 5) is 20.4. The molecule has 1 unspecified atom stereocenters. The van der Waals surface area contributed by atoms with Crippen molar-refractivity contribution in [1.29, 1.82) is 0 Å². The summed E-state index contributed by atoms with van der Waals surface area (Å²) in [5.41, 5.74) is 0. The smallest absolute Gasteiger partial charge is 0.316 e. The van der Waals surface area contributed by atoms with Gasteiger partial charge in [-0.05, 0) is 51.0 Å². The van der Waals surface area contributed by atoms with Gasteiger partial charge in [0.1, 0.15) is 6.10 Å². The van der Waals surface area contributed by atoms with Gasteiger partial charge in [0.2, 0.25) is 5.91 Å². The molecule has 0 saturated heterocycles.